The minimum absolute atomic E-state index is 0.498. The highest BCUT2D eigenvalue weighted by molar-refractivity contribution is 7.18. The maximum atomic E-state index is 4.55. The zero-order valence-corrected chi connectivity index (χ0v) is 14.9. The van der Waals surface area contributed by atoms with Gasteiger partial charge in [-0.15, -0.1) is 22.7 Å². The van der Waals surface area contributed by atoms with Crippen LogP contribution in [0.5, 0.6) is 0 Å². The maximum absolute atomic E-state index is 4.55. The smallest absolute Gasteiger partial charge is 0.183 e. The van der Waals surface area contributed by atoms with Gasteiger partial charge in [0.15, 0.2) is 5.13 Å². The van der Waals surface area contributed by atoms with E-state index in [1.807, 2.05) is 6.92 Å². The van der Waals surface area contributed by atoms with E-state index in [1.54, 1.807) is 29.0 Å². The second-order valence-corrected chi connectivity index (χ2v) is 8.07. The molecule has 4 rings (SSSR count). The molecule has 0 atom stereocenters. The second kappa shape index (κ2) is 6.05. The van der Waals surface area contributed by atoms with Crippen molar-refractivity contribution in [1.29, 1.82) is 0 Å². The first-order valence-corrected chi connectivity index (χ1v) is 9.53. The van der Waals surface area contributed by atoms with E-state index in [9.17, 15) is 0 Å². The molecule has 1 fully saturated rings. The zero-order chi connectivity index (χ0) is 15.8. The molecule has 7 heteroatoms. The summed E-state index contributed by atoms with van der Waals surface area (Å²) >= 11 is 3.43. The molecule has 1 aliphatic rings. The molecule has 1 saturated heterocycles. The molecule has 3 aromatic heterocycles. The van der Waals surface area contributed by atoms with Crippen molar-refractivity contribution < 1.29 is 0 Å². The Bertz CT molecular complexity index is 817. The fraction of sp³-hybridized carbons (Fsp3) is 0.438. The molecule has 0 saturated carbocycles. The summed E-state index contributed by atoms with van der Waals surface area (Å²) in [5.41, 5.74) is 1.09. The van der Waals surface area contributed by atoms with Gasteiger partial charge in [-0.05, 0) is 32.8 Å². The largest absolute Gasteiger partial charge is 0.359 e. The van der Waals surface area contributed by atoms with Crippen molar-refractivity contribution in [3.63, 3.8) is 0 Å². The summed E-state index contributed by atoms with van der Waals surface area (Å²) in [7, 11) is 0. The molecule has 3 aromatic rings. The Balaban J connectivity index is 1.46. The van der Waals surface area contributed by atoms with Gasteiger partial charge in [-0.3, -0.25) is 0 Å². The van der Waals surface area contributed by atoms with Gasteiger partial charge in [-0.1, -0.05) is 0 Å². The number of fused-ring (bicyclic) bond motifs is 1. The molecule has 120 valence electrons. The van der Waals surface area contributed by atoms with Crippen molar-refractivity contribution in [1.82, 2.24) is 15.0 Å². The third-order valence-corrected chi connectivity index (χ3v) is 6.02. The fourth-order valence-corrected chi connectivity index (χ4v) is 4.65. The minimum Gasteiger partial charge on any atom is -0.359 e. The standard InChI is InChI=1S/C16H19N5S2/c1-10-8-22-16(19-10)20-12-3-5-21(6-4-12)14-13-7-11(2)23-15(13)18-9-17-14/h7-9,12H,3-6H2,1-2H3,(H,19,20). The Morgan fingerprint density at radius 3 is 2.78 bits per heavy atom. The Morgan fingerprint density at radius 1 is 1.22 bits per heavy atom. The Kier molecular flexibility index (Phi) is 3.90. The molecule has 0 spiro atoms. The maximum Gasteiger partial charge on any atom is 0.183 e. The van der Waals surface area contributed by atoms with Gasteiger partial charge in [0, 0.05) is 29.4 Å². The van der Waals surface area contributed by atoms with E-state index < -0.39 is 0 Å². The number of nitrogens with one attached hydrogen (secondary N) is 1. The van der Waals surface area contributed by atoms with Gasteiger partial charge < -0.3 is 10.2 Å². The highest BCUT2D eigenvalue weighted by atomic mass is 32.1. The summed E-state index contributed by atoms with van der Waals surface area (Å²) in [5.74, 6) is 1.09. The van der Waals surface area contributed by atoms with E-state index in [2.05, 4.69) is 43.5 Å². The van der Waals surface area contributed by atoms with Crippen molar-refractivity contribution in [3.05, 3.63) is 28.3 Å². The summed E-state index contributed by atoms with van der Waals surface area (Å²) in [4.78, 5) is 18.2. The van der Waals surface area contributed by atoms with Crippen LogP contribution in [0.15, 0.2) is 17.8 Å². The third kappa shape index (κ3) is 3.03. The molecule has 1 N–H and O–H groups in total. The van der Waals surface area contributed by atoms with E-state index in [-0.39, 0.29) is 0 Å². The highest BCUT2D eigenvalue weighted by Gasteiger charge is 2.22. The predicted octanol–water partition coefficient (Wildman–Crippen LogP) is 3.85. The molecule has 0 unspecified atom stereocenters. The van der Waals surface area contributed by atoms with E-state index in [0.29, 0.717) is 6.04 Å². The number of piperidine rings is 1. The topological polar surface area (TPSA) is 53.9 Å². The summed E-state index contributed by atoms with van der Waals surface area (Å²) in [6.45, 7) is 6.20. The van der Waals surface area contributed by atoms with Gasteiger partial charge in [-0.25, -0.2) is 15.0 Å². The van der Waals surface area contributed by atoms with Crippen molar-refractivity contribution >= 4 is 43.8 Å². The van der Waals surface area contributed by atoms with Crippen molar-refractivity contribution in [2.45, 2.75) is 32.7 Å². The van der Waals surface area contributed by atoms with Crippen LogP contribution in [-0.2, 0) is 0 Å². The third-order valence-electron chi connectivity index (χ3n) is 4.17. The zero-order valence-electron chi connectivity index (χ0n) is 13.2. The van der Waals surface area contributed by atoms with E-state index in [1.165, 1.54) is 10.3 Å². The number of thiazole rings is 1. The summed E-state index contributed by atoms with van der Waals surface area (Å²) in [6, 6.07) is 2.70. The SMILES string of the molecule is Cc1csc(NC2CCN(c3ncnc4sc(C)cc34)CC2)n1. The number of aromatic nitrogens is 3. The van der Waals surface area contributed by atoms with Crippen LogP contribution < -0.4 is 10.2 Å². The number of hydrogen-bond donors (Lipinski definition) is 1. The van der Waals surface area contributed by atoms with Gasteiger partial charge in [0.05, 0.1) is 11.1 Å². The molecule has 0 radical (unpaired) electrons. The molecule has 0 amide bonds. The first-order valence-electron chi connectivity index (χ1n) is 7.84. The monoisotopic (exact) mass is 345 g/mol. The molecular formula is C16H19N5S2. The summed E-state index contributed by atoms with van der Waals surface area (Å²) in [6.07, 6.45) is 3.90. The second-order valence-electron chi connectivity index (χ2n) is 5.97. The predicted molar refractivity (Wildman–Crippen MR) is 97.9 cm³/mol. The van der Waals surface area contributed by atoms with Crippen LogP contribution in [0.4, 0.5) is 10.9 Å². The average molecular weight is 345 g/mol. The first kappa shape index (κ1) is 14.8. The van der Waals surface area contributed by atoms with Crippen LogP contribution in [-0.4, -0.2) is 34.1 Å². The number of aryl methyl sites for hydroxylation is 2. The number of nitrogens with zero attached hydrogens (tertiary/aromatic N) is 4. The van der Waals surface area contributed by atoms with Gasteiger partial charge in [0.1, 0.15) is 17.0 Å². The van der Waals surface area contributed by atoms with Crippen LogP contribution in [0.2, 0.25) is 0 Å². The summed E-state index contributed by atoms with van der Waals surface area (Å²) in [5, 5.41) is 7.89. The molecule has 0 aromatic carbocycles. The van der Waals surface area contributed by atoms with Crippen LogP contribution in [0.3, 0.4) is 0 Å². The minimum atomic E-state index is 0.498. The van der Waals surface area contributed by atoms with Gasteiger partial charge in [0.2, 0.25) is 0 Å². The van der Waals surface area contributed by atoms with Gasteiger partial charge in [0.25, 0.3) is 0 Å². The first-order chi connectivity index (χ1) is 11.2. The molecule has 23 heavy (non-hydrogen) atoms. The summed E-state index contributed by atoms with van der Waals surface area (Å²) < 4.78 is 0. The molecule has 5 nitrogen and oxygen atoms in total. The fourth-order valence-electron chi connectivity index (χ4n) is 3.05. The van der Waals surface area contributed by atoms with Crippen molar-refractivity contribution in [2.75, 3.05) is 23.3 Å². The molecular weight excluding hydrogens is 326 g/mol. The number of hydrogen-bond acceptors (Lipinski definition) is 7. The molecule has 1 aliphatic heterocycles. The van der Waals surface area contributed by atoms with Crippen LogP contribution in [0.1, 0.15) is 23.4 Å². The highest BCUT2D eigenvalue weighted by Crippen LogP contribution is 2.31. The molecule has 0 aliphatic carbocycles. The molecule has 0 bridgehead atoms. The Morgan fingerprint density at radius 2 is 2.04 bits per heavy atom. The van der Waals surface area contributed by atoms with Crippen LogP contribution in [0, 0.1) is 13.8 Å². The van der Waals surface area contributed by atoms with Crippen molar-refractivity contribution in [2.24, 2.45) is 0 Å². The lowest BCUT2D eigenvalue weighted by Gasteiger charge is -2.33. The Hall–Kier alpha value is -1.73. The quantitative estimate of drug-likeness (QED) is 0.781. The number of anilines is 2. The van der Waals surface area contributed by atoms with Crippen molar-refractivity contribution in [3.8, 4) is 0 Å². The van der Waals surface area contributed by atoms with E-state index in [0.717, 1.165) is 47.4 Å². The lowest BCUT2D eigenvalue weighted by molar-refractivity contribution is 0.524. The number of thiophene rings is 1. The van der Waals surface area contributed by atoms with E-state index >= 15 is 0 Å². The lowest BCUT2D eigenvalue weighted by atomic mass is 10.1. The Labute approximate surface area is 143 Å². The number of rotatable bonds is 3. The van der Waals surface area contributed by atoms with E-state index in [4.69, 9.17) is 0 Å². The lowest BCUT2D eigenvalue weighted by Crippen LogP contribution is -2.39. The average Bonchev–Trinajstić information content (AvgIpc) is 3.12. The molecule has 4 heterocycles. The van der Waals surface area contributed by atoms with Crippen LogP contribution in [0.25, 0.3) is 10.2 Å². The normalized spacial score (nSPS) is 16.2. The van der Waals surface area contributed by atoms with Gasteiger partial charge in [-0.2, -0.15) is 0 Å². The van der Waals surface area contributed by atoms with Crippen LogP contribution >= 0.6 is 22.7 Å². The van der Waals surface area contributed by atoms with Gasteiger partial charge >= 0.3 is 0 Å².